The van der Waals surface area contributed by atoms with Crippen LogP contribution in [0.3, 0.4) is 0 Å². The van der Waals surface area contributed by atoms with E-state index in [4.69, 9.17) is 26.4 Å². The molecule has 61 heavy (non-hydrogen) atoms. The first-order valence-electron chi connectivity index (χ1n) is 26.1. The van der Waals surface area contributed by atoms with Crippen LogP contribution < -0.4 is 0 Å². The SMILES string of the molecule is [2H]C([2H])([2H])c1cc(-c2ccccc2)c(-n2c(-c3ccccc3O)nc3c(-c4cc(-c5cc(-c6ccc(C(C([2H])([2H])[2H])(C([2H])([2H])[2H])C([2H])([2H])[2H])cc6)ccn5)cc(C(C)(C)C)c4)cccc32)cc1-c1ccccc1. The van der Waals surface area contributed by atoms with Crippen molar-refractivity contribution in [1.29, 1.82) is 0 Å². The zero-order valence-corrected chi connectivity index (χ0v) is 34.0. The highest BCUT2D eigenvalue weighted by Gasteiger charge is 2.24. The van der Waals surface area contributed by atoms with Gasteiger partial charge in [0.1, 0.15) is 11.6 Å². The quantitative estimate of drug-likeness (QED) is 0.175. The Morgan fingerprint density at radius 1 is 0.508 bits per heavy atom. The molecule has 2 aromatic heterocycles. The van der Waals surface area contributed by atoms with Crippen LogP contribution in [0, 0.1) is 6.85 Å². The zero-order valence-electron chi connectivity index (χ0n) is 46.0. The maximum atomic E-state index is 11.6. The van der Waals surface area contributed by atoms with E-state index in [2.05, 4.69) is 32.9 Å². The molecule has 1 N–H and O–H groups in total. The van der Waals surface area contributed by atoms with E-state index >= 15 is 0 Å². The lowest BCUT2D eigenvalue weighted by molar-refractivity contribution is 0.477. The Bertz CT molecular complexity index is 3460. The Balaban J connectivity index is 1.26. The van der Waals surface area contributed by atoms with Crippen molar-refractivity contribution in [2.45, 2.75) is 59.0 Å². The van der Waals surface area contributed by atoms with Gasteiger partial charge in [0.25, 0.3) is 0 Å². The van der Waals surface area contributed by atoms with Gasteiger partial charge in [-0.1, -0.05) is 157 Å². The molecule has 0 aliphatic heterocycles. The minimum absolute atomic E-state index is 0.00743. The summed E-state index contributed by atoms with van der Waals surface area (Å²) in [6.45, 7) is -6.29. The predicted octanol–water partition coefficient (Wildman–Crippen LogP) is 15.0. The average Bonchev–Trinajstić information content (AvgIpc) is 3.72. The van der Waals surface area contributed by atoms with Gasteiger partial charge in [0.05, 0.1) is 28.0 Å². The minimum Gasteiger partial charge on any atom is -0.507 e. The van der Waals surface area contributed by atoms with Gasteiger partial charge >= 0.3 is 0 Å². The maximum absolute atomic E-state index is 11.6. The first kappa shape index (κ1) is 27.7. The Kier molecular flexibility index (Phi) is 7.04. The van der Waals surface area contributed by atoms with Crippen LogP contribution in [0.15, 0.2) is 176 Å². The number of benzene rings is 7. The smallest absolute Gasteiger partial charge is 0.149 e. The first-order chi connectivity index (χ1) is 34.3. The summed E-state index contributed by atoms with van der Waals surface area (Å²) in [5.41, 5.74) is 6.68. The number of fused-ring (bicyclic) bond motifs is 1. The molecule has 0 aliphatic carbocycles. The lowest BCUT2D eigenvalue weighted by Crippen LogP contribution is -2.11. The molecular weight excluding hydrogens is 743 g/mol. The number of phenolic OH excluding ortho intramolecular Hbond substituents is 1. The number of para-hydroxylation sites is 2. The van der Waals surface area contributed by atoms with Crippen LogP contribution in [0.5, 0.6) is 5.75 Å². The number of aryl methyl sites for hydroxylation is 1. The van der Waals surface area contributed by atoms with Gasteiger partial charge in [0, 0.05) is 39.3 Å². The average molecular weight is 806 g/mol. The molecule has 0 saturated carbocycles. The maximum Gasteiger partial charge on any atom is 0.149 e. The molecule has 9 rings (SSSR count). The molecule has 0 bridgehead atoms. The number of aromatic nitrogens is 3. The molecule has 9 aromatic rings. The monoisotopic (exact) mass is 805 g/mol. The molecule has 0 unspecified atom stereocenters. The summed E-state index contributed by atoms with van der Waals surface area (Å²) < 4.78 is 102. The van der Waals surface area contributed by atoms with E-state index in [9.17, 15) is 5.11 Å². The fourth-order valence-electron chi connectivity index (χ4n) is 7.94. The number of rotatable bonds is 7. The van der Waals surface area contributed by atoms with Crippen molar-refractivity contribution in [2.24, 2.45) is 0 Å². The number of hydrogen-bond acceptors (Lipinski definition) is 3. The van der Waals surface area contributed by atoms with Crippen LogP contribution in [-0.4, -0.2) is 19.6 Å². The molecule has 0 radical (unpaired) electrons. The summed E-state index contributed by atoms with van der Waals surface area (Å²) in [6, 6.07) is 51.1. The van der Waals surface area contributed by atoms with E-state index < -0.39 is 32.8 Å². The van der Waals surface area contributed by atoms with Crippen molar-refractivity contribution >= 4 is 11.0 Å². The molecule has 4 nitrogen and oxygen atoms in total. The van der Waals surface area contributed by atoms with Gasteiger partial charge in [-0.3, -0.25) is 9.55 Å². The normalized spacial score (nSPS) is 15.7. The number of aromatic hydroxyl groups is 1. The Labute approximate surface area is 376 Å². The van der Waals surface area contributed by atoms with Gasteiger partial charge in [-0.2, -0.15) is 0 Å². The van der Waals surface area contributed by atoms with Crippen LogP contribution in [0.4, 0.5) is 0 Å². The van der Waals surface area contributed by atoms with Gasteiger partial charge in [-0.15, -0.1) is 0 Å². The van der Waals surface area contributed by atoms with Gasteiger partial charge in [0.15, 0.2) is 0 Å². The largest absolute Gasteiger partial charge is 0.507 e. The molecule has 0 aliphatic rings. The van der Waals surface area contributed by atoms with E-state index in [0.29, 0.717) is 56.1 Å². The lowest BCUT2D eigenvalue weighted by Gasteiger charge is -2.22. The Morgan fingerprint density at radius 3 is 1.87 bits per heavy atom. The third-order valence-electron chi connectivity index (χ3n) is 11.2. The molecule has 2 heterocycles. The van der Waals surface area contributed by atoms with Crippen molar-refractivity contribution in [3.8, 4) is 78.6 Å². The number of pyridine rings is 1. The van der Waals surface area contributed by atoms with E-state index in [1.807, 2.05) is 108 Å². The third kappa shape index (κ3) is 7.66. The van der Waals surface area contributed by atoms with Crippen molar-refractivity contribution < 1.29 is 21.6 Å². The van der Waals surface area contributed by atoms with Gasteiger partial charge in [0.2, 0.25) is 0 Å². The summed E-state index contributed by atoms with van der Waals surface area (Å²) in [5.74, 6) is 0.438. The number of hydrogen-bond donors (Lipinski definition) is 1. The second kappa shape index (κ2) is 15.5. The van der Waals surface area contributed by atoms with Gasteiger partial charge in [-0.25, -0.2) is 4.98 Å². The molecule has 300 valence electrons. The molecular formula is C57H51N3O. The molecule has 0 atom stereocenters. The highest BCUT2D eigenvalue weighted by molar-refractivity contribution is 5.98. The van der Waals surface area contributed by atoms with Crippen molar-refractivity contribution in [3.05, 3.63) is 193 Å². The molecule has 0 amide bonds. The topological polar surface area (TPSA) is 50.9 Å². The number of phenols is 1. The standard InChI is InChI=1S/C57H51N3O/c1-37-31-49(40-19-12-9-13-20-40)52(36-48(37)39-17-10-8-11-18-39)60-51-23-16-22-46(54(51)59-55(60)47-21-14-15-24-53(47)61)42-32-43(34-45(33-42)57(5,6)7)50-35-41(29-30-58-50)38-25-27-44(28-26-38)56(2,3)4/h8-36,61H,1-7H3/i1D3,2D3,3D3,4D3. The Hall–Kier alpha value is -7.04. The summed E-state index contributed by atoms with van der Waals surface area (Å²) in [7, 11) is 0. The molecule has 0 saturated heterocycles. The fourth-order valence-corrected chi connectivity index (χ4v) is 7.94. The fraction of sp³-hybridized carbons (Fsp3) is 0.158. The van der Waals surface area contributed by atoms with Crippen molar-refractivity contribution in [2.75, 3.05) is 0 Å². The first-order valence-corrected chi connectivity index (χ1v) is 20.1. The lowest BCUT2D eigenvalue weighted by atomic mass is 9.83. The third-order valence-corrected chi connectivity index (χ3v) is 11.2. The van der Waals surface area contributed by atoms with Gasteiger partial charge in [-0.05, 0) is 122 Å². The molecule has 7 aromatic carbocycles. The van der Waals surface area contributed by atoms with Crippen LogP contribution in [0.25, 0.3) is 83.9 Å². The van der Waals surface area contributed by atoms with Crippen LogP contribution in [-0.2, 0) is 10.8 Å². The highest BCUT2D eigenvalue weighted by Crippen LogP contribution is 2.43. The minimum atomic E-state index is -3.39. The second-order valence-electron chi connectivity index (χ2n) is 16.4. The number of imidazole rings is 1. The van der Waals surface area contributed by atoms with E-state index in [1.165, 1.54) is 24.3 Å². The van der Waals surface area contributed by atoms with Crippen molar-refractivity contribution in [1.82, 2.24) is 14.5 Å². The van der Waals surface area contributed by atoms with Crippen LogP contribution in [0.2, 0.25) is 0 Å². The summed E-state index contributed by atoms with van der Waals surface area (Å²) in [6.07, 6.45) is 1.64. The summed E-state index contributed by atoms with van der Waals surface area (Å²) in [5, 5.41) is 11.6. The highest BCUT2D eigenvalue weighted by atomic mass is 16.3. The molecule has 4 heteroatoms. The predicted molar refractivity (Wildman–Crippen MR) is 255 cm³/mol. The van der Waals surface area contributed by atoms with E-state index in [0.717, 1.165) is 33.4 Å². The van der Waals surface area contributed by atoms with Crippen LogP contribution in [0.1, 0.15) is 74.5 Å². The Morgan fingerprint density at radius 2 is 1.18 bits per heavy atom. The molecule has 0 fully saturated rings. The summed E-state index contributed by atoms with van der Waals surface area (Å²) in [4.78, 5) is 10.2. The van der Waals surface area contributed by atoms with Crippen LogP contribution >= 0.6 is 0 Å². The zero-order chi connectivity index (χ0) is 52.5. The summed E-state index contributed by atoms with van der Waals surface area (Å²) >= 11 is 0. The van der Waals surface area contributed by atoms with Gasteiger partial charge < -0.3 is 5.11 Å². The molecule has 0 spiro atoms. The second-order valence-corrected chi connectivity index (χ2v) is 16.4. The van der Waals surface area contributed by atoms with Crippen molar-refractivity contribution in [3.63, 3.8) is 0 Å². The van der Waals surface area contributed by atoms with E-state index in [1.54, 1.807) is 36.5 Å². The number of nitrogens with zero attached hydrogens (tertiary/aromatic N) is 3. The van der Waals surface area contributed by atoms with E-state index in [-0.39, 0.29) is 22.3 Å².